The van der Waals surface area contributed by atoms with E-state index in [1.807, 2.05) is 32.9 Å². The van der Waals surface area contributed by atoms with Crippen LogP contribution in [0.2, 0.25) is 0 Å². The Morgan fingerprint density at radius 3 is 2.67 bits per heavy atom. The molecule has 1 fully saturated rings. The summed E-state index contributed by atoms with van der Waals surface area (Å²) in [4.78, 5) is 11.5. The van der Waals surface area contributed by atoms with Gasteiger partial charge in [0.1, 0.15) is 5.60 Å². The van der Waals surface area contributed by atoms with Gasteiger partial charge in [0.2, 0.25) is 0 Å². The van der Waals surface area contributed by atoms with Crippen LogP contribution in [-0.2, 0) is 9.47 Å². The fourth-order valence-corrected chi connectivity index (χ4v) is 1.87. The lowest BCUT2D eigenvalue weighted by Gasteiger charge is -2.23. The molecule has 2 bridgehead atoms. The molecule has 0 unspecified atom stereocenters. The Morgan fingerprint density at radius 2 is 2.20 bits per heavy atom. The number of hydrogen-bond acceptors (Lipinski definition) is 3. The monoisotopic (exact) mass is 211 g/mol. The summed E-state index contributed by atoms with van der Waals surface area (Å²) in [6.45, 7) is 5.55. The first-order chi connectivity index (χ1) is 6.94. The molecule has 84 valence electrons. The summed E-state index contributed by atoms with van der Waals surface area (Å²) in [5, 5.41) is 2.83. The summed E-state index contributed by atoms with van der Waals surface area (Å²) < 4.78 is 10.7. The highest BCUT2D eigenvalue weighted by molar-refractivity contribution is 5.68. The van der Waals surface area contributed by atoms with Crippen molar-refractivity contribution in [2.45, 2.75) is 51.0 Å². The molecule has 2 rings (SSSR count). The summed E-state index contributed by atoms with van der Waals surface area (Å²) >= 11 is 0. The molecule has 0 spiro atoms. The molecule has 1 N–H and O–H groups in total. The predicted molar refractivity (Wildman–Crippen MR) is 55.6 cm³/mol. The fraction of sp³-hybridized carbons (Fsp3) is 0.727. The zero-order valence-corrected chi connectivity index (χ0v) is 9.32. The number of amides is 1. The minimum atomic E-state index is -0.446. The zero-order valence-electron chi connectivity index (χ0n) is 9.32. The van der Waals surface area contributed by atoms with E-state index < -0.39 is 5.60 Å². The smallest absolute Gasteiger partial charge is 0.407 e. The predicted octanol–water partition coefficient (Wildman–Crippen LogP) is 1.61. The van der Waals surface area contributed by atoms with Gasteiger partial charge in [0.15, 0.2) is 0 Å². The lowest BCUT2D eigenvalue weighted by atomic mass is 10.0. The first-order valence-corrected chi connectivity index (χ1v) is 5.27. The van der Waals surface area contributed by atoms with Gasteiger partial charge in [0, 0.05) is 6.42 Å². The highest BCUT2D eigenvalue weighted by Gasteiger charge is 2.38. The number of ether oxygens (including phenoxy) is 2. The van der Waals surface area contributed by atoms with E-state index in [1.54, 1.807) is 0 Å². The van der Waals surface area contributed by atoms with E-state index in [0.29, 0.717) is 0 Å². The van der Waals surface area contributed by atoms with Crippen LogP contribution in [0.3, 0.4) is 0 Å². The highest BCUT2D eigenvalue weighted by atomic mass is 16.6. The Bertz CT molecular complexity index is 293. The maximum absolute atomic E-state index is 11.5. The lowest BCUT2D eigenvalue weighted by molar-refractivity contribution is 0.0476. The van der Waals surface area contributed by atoms with E-state index in [9.17, 15) is 4.79 Å². The van der Waals surface area contributed by atoms with Gasteiger partial charge in [-0.3, -0.25) is 0 Å². The number of rotatable bonds is 1. The molecule has 0 saturated carbocycles. The van der Waals surface area contributed by atoms with Crippen molar-refractivity contribution in [3.05, 3.63) is 12.2 Å². The largest absolute Gasteiger partial charge is 0.444 e. The van der Waals surface area contributed by atoms with Gasteiger partial charge in [-0.1, -0.05) is 12.2 Å². The molecule has 4 heteroatoms. The maximum atomic E-state index is 11.5. The van der Waals surface area contributed by atoms with Crippen LogP contribution in [0.5, 0.6) is 0 Å². The molecule has 0 radical (unpaired) electrons. The second-order valence-corrected chi connectivity index (χ2v) is 5.01. The van der Waals surface area contributed by atoms with E-state index in [2.05, 4.69) is 5.32 Å². The summed E-state index contributed by atoms with van der Waals surface area (Å²) in [5.41, 5.74) is -0.446. The van der Waals surface area contributed by atoms with Crippen LogP contribution in [0, 0.1) is 0 Å². The van der Waals surface area contributed by atoms with Crippen molar-refractivity contribution in [1.82, 2.24) is 5.32 Å². The van der Waals surface area contributed by atoms with Crippen LogP contribution in [0.1, 0.15) is 27.2 Å². The van der Waals surface area contributed by atoms with Crippen molar-refractivity contribution in [1.29, 1.82) is 0 Å². The summed E-state index contributed by atoms with van der Waals surface area (Å²) in [7, 11) is 0. The van der Waals surface area contributed by atoms with Crippen LogP contribution in [0.15, 0.2) is 12.2 Å². The van der Waals surface area contributed by atoms with Gasteiger partial charge < -0.3 is 14.8 Å². The van der Waals surface area contributed by atoms with E-state index in [-0.39, 0.29) is 24.3 Å². The Labute approximate surface area is 89.6 Å². The molecular formula is C11H17NO3. The van der Waals surface area contributed by atoms with Crippen LogP contribution in [-0.4, -0.2) is 29.9 Å². The topological polar surface area (TPSA) is 47.6 Å². The SMILES string of the molecule is CC(C)(C)OC(=O)N[C@@H]1C[C@H]2C=C[C@@H]1O2. The number of fused-ring (bicyclic) bond motifs is 2. The third kappa shape index (κ3) is 2.50. The van der Waals surface area contributed by atoms with Gasteiger partial charge in [0.05, 0.1) is 18.2 Å². The minimum absolute atomic E-state index is 0.0301. The molecular weight excluding hydrogens is 194 g/mol. The van der Waals surface area contributed by atoms with Crippen LogP contribution in [0.4, 0.5) is 4.79 Å². The van der Waals surface area contributed by atoms with Gasteiger partial charge in [0.25, 0.3) is 0 Å². The molecule has 0 aliphatic carbocycles. The number of hydrogen-bond donors (Lipinski definition) is 1. The fourth-order valence-electron chi connectivity index (χ4n) is 1.87. The maximum Gasteiger partial charge on any atom is 0.407 e. The van der Waals surface area contributed by atoms with E-state index >= 15 is 0 Å². The molecule has 4 nitrogen and oxygen atoms in total. The molecule has 2 aliphatic heterocycles. The van der Waals surface area contributed by atoms with Crippen molar-refractivity contribution in [3.8, 4) is 0 Å². The molecule has 1 amide bonds. The first kappa shape index (κ1) is 10.5. The summed E-state index contributed by atoms with van der Waals surface area (Å²) in [6, 6.07) is 0.0647. The van der Waals surface area contributed by atoms with Gasteiger partial charge in [-0.25, -0.2) is 4.79 Å². The molecule has 3 atom stereocenters. The Kier molecular flexibility index (Phi) is 2.46. The van der Waals surface area contributed by atoms with Gasteiger partial charge in [-0.05, 0) is 20.8 Å². The van der Waals surface area contributed by atoms with Crippen molar-refractivity contribution in [2.75, 3.05) is 0 Å². The highest BCUT2D eigenvalue weighted by Crippen LogP contribution is 2.28. The second-order valence-electron chi connectivity index (χ2n) is 5.01. The molecule has 15 heavy (non-hydrogen) atoms. The van der Waals surface area contributed by atoms with E-state index in [1.165, 1.54) is 0 Å². The number of nitrogens with one attached hydrogen (secondary N) is 1. The van der Waals surface area contributed by atoms with Gasteiger partial charge in [-0.2, -0.15) is 0 Å². The first-order valence-electron chi connectivity index (χ1n) is 5.27. The molecule has 1 saturated heterocycles. The van der Waals surface area contributed by atoms with Crippen molar-refractivity contribution < 1.29 is 14.3 Å². The summed E-state index contributed by atoms with van der Waals surface area (Å²) in [6.07, 6.45) is 4.73. The third-order valence-electron chi connectivity index (χ3n) is 2.43. The van der Waals surface area contributed by atoms with Crippen molar-refractivity contribution >= 4 is 6.09 Å². The summed E-state index contributed by atoms with van der Waals surface area (Å²) in [5.74, 6) is 0. The van der Waals surface area contributed by atoms with E-state index in [0.717, 1.165) is 6.42 Å². The average molecular weight is 211 g/mol. The Morgan fingerprint density at radius 1 is 1.47 bits per heavy atom. The van der Waals surface area contributed by atoms with Crippen molar-refractivity contribution in [3.63, 3.8) is 0 Å². The molecule has 0 aromatic heterocycles. The molecule has 2 aliphatic rings. The molecule has 0 aromatic rings. The normalized spacial score (nSPS) is 33.1. The standard InChI is InChI=1S/C11H17NO3/c1-11(2,3)15-10(13)12-8-6-7-4-5-9(8)14-7/h4-5,7-9H,6H2,1-3H3,(H,12,13)/t7-,8-,9+/m1/s1. The Hall–Kier alpha value is -1.03. The molecule has 0 aromatic carbocycles. The van der Waals surface area contributed by atoms with Gasteiger partial charge in [-0.15, -0.1) is 0 Å². The van der Waals surface area contributed by atoms with Crippen LogP contribution < -0.4 is 5.32 Å². The van der Waals surface area contributed by atoms with Gasteiger partial charge >= 0.3 is 6.09 Å². The zero-order chi connectivity index (χ0) is 11.1. The second kappa shape index (κ2) is 3.52. The van der Waals surface area contributed by atoms with E-state index in [4.69, 9.17) is 9.47 Å². The van der Waals surface area contributed by atoms with Crippen LogP contribution >= 0.6 is 0 Å². The average Bonchev–Trinajstić information content (AvgIpc) is 2.60. The quantitative estimate of drug-likeness (QED) is 0.670. The van der Waals surface area contributed by atoms with Crippen LogP contribution in [0.25, 0.3) is 0 Å². The lowest BCUT2D eigenvalue weighted by Crippen LogP contribution is -2.43. The Balaban J connectivity index is 1.83. The van der Waals surface area contributed by atoms with Crippen molar-refractivity contribution in [2.24, 2.45) is 0 Å². The number of alkyl carbamates (subject to hydrolysis) is 1. The molecule has 2 heterocycles. The third-order valence-corrected chi connectivity index (χ3v) is 2.43. The number of carbonyl (C=O) groups excluding carboxylic acids is 1. The number of carbonyl (C=O) groups is 1. The minimum Gasteiger partial charge on any atom is -0.444 e.